The first kappa shape index (κ1) is 14.6. The monoisotopic (exact) mass is 259 g/mol. The van der Waals surface area contributed by atoms with Gasteiger partial charge >= 0.3 is 0 Å². The van der Waals surface area contributed by atoms with Gasteiger partial charge in [-0.2, -0.15) is 0 Å². The van der Waals surface area contributed by atoms with Crippen molar-refractivity contribution in [3.8, 4) is 0 Å². The van der Waals surface area contributed by atoms with E-state index in [1.54, 1.807) is 0 Å². The van der Waals surface area contributed by atoms with Gasteiger partial charge in [0, 0.05) is 12.1 Å². The molecule has 0 aliphatic heterocycles. The lowest BCUT2D eigenvalue weighted by atomic mass is 9.75. The van der Waals surface area contributed by atoms with E-state index in [1.165, 1.54) is 36.8 Å². The Morgan fingerprint density at radius 1 is 1.32 bits per heavy atom. The van der Waals surface area contributed by atoms with Gasteiger partial charge in [-0.05, 0) is 56.1 Å². The molecule has 1 aromatic rings. The van der Waals surface area contributed by atoms with Crippen LogP contribution in [0, 0.1) is 12.3 Å². The molecule has 1 aliphatic carbocycles. The molecule has 0 heterocycles. The molecule has 0 bridgehead atoms. The van der Waals surface area contributed by atoms with Gasteiger partial charge in [-0.1, -0.05) is 44.5 Å². The van der Waals surface area contributed by atoms with Crippen molar-refractivity contribution in [1.82, 2.24) is 5.32 Å². The molecule has 1 aliphatic rings. The van der Waals surface area contributed by atoms with Gasteiger partial charge in [0.15, 0.2) is 0 Å². The van der Waals surface area contributed by atoms with E-state index in [-0.39, 0.29) is 0 Å². The van der Waals surface area contributed by atoms with Gasteiger partial charge < -0.3 is 5.32 Å². The van der Waals surface area contributed by atoms with Crippen LogP contribution in [0.3, 0.4) is 0 Å². The van der Waals surface area contributed by atoms with Gasteiger partial charge in [0.2, 0.25) is 0 Å². The van der Waals surface area contributed by atoms with E-state index in [9.17, 15) is 0 Å². The van der Waals surface area contributed by atoms with E-state index in [4.69, 9.17) is 0 Å². The lowest BCUT2D eigenvalue weighted by Gasteiger charge is -2.37. The van der Waals surface area contributed by atoms with Gasteiger partial charge in [-0.3, -0.25) is 0 Å². The van der Waals surface area contributed by atoms with E-state index in [0.717, 1.165) is 6.42 Å². The van der Waals surface area contributed by atoms with Gasteiger partial charge in [-0.25, -0.2) is 0 Å². The van der Waals surface area contributed by atoms with Crippen molar-refractivity contribution in [2.24, 2.45) is 5.41 Å². The first-order valence-electron chi connectivity index (χ1n) is 7.77. The number of hydrogen-bond donors (Lipinski definition) is 1. The normalized spacial score (nSPS) is 24.1. The molecule has 0 aromatic heterocycles. The molecule has 1 aromatic carbocycles. The molecule has 0 spiro atoms. The summed E-state index contributed by atoms with van der Waals surface area (Å²) in [5.74, 6) is 0. The first-order valence-corrected chi connectivity index (χ1v) is 7.77. The van der Waals surface area contributed by atoms with Crippen molar-refractivity contribution in [3.63, 3.8) is 0 Å². The summed E-state index contributed by atoms with van der Waals surface area (Å²) in [4.78, 5) is 0. The molecule has 0 saturated heterocycles. The van der Waals surface area contributed by atoms with Crippen molar-refractivity contribution >= 4 is 0 Å². The molecule has 0 radical (unpaired) electrons. The smallest absolute Gasteiger partial charge is 0.00818 e. The topological polar surface area (TPSA) is 12.0 Å². The molecule has 1 nitrogen and oxygen atoms in total. The number of benzene rings is 1. The van der Waals surface area contributed by atoms with Crippen molar-refractivity contribution < 1.29 is 0 Å². The number of aryl methyl sites for hydroxylation is 1. The Balaban J connectivity index is 1.88. The molecule has 2 atom stereocenters. The summed E-state index contributed by atoms with van der Waals surface area (Å²) in [6, 6.07) is 10.0. The lowest BCUT2D eigenvalue weighted by Crippen LogP contribution is -2.42. The van der Waals surface area contributed by atoms with E-state index in [2.05, 4.69) is 57.3 Å². The van der Waals surface area contributed by atoms with Crippen LogP contribution < -0.4 is 5.32 Å². The molecule has 1 fully saturated rings. The van der Waals surface area contributed by atoms with Crippen LogP contribution in [0.15, 0.2) is 24.3 Å². The van der Waals surface area contributed by atoms with Gasteiger partial charge in [0.25, 0.3) is 0 Å². The van der Waals surface area contributed by atoms with Crippen LogP contribution in [0.5, 0.6) is 0 Å². The zero-order valence-electron chi connectivity index (χ0n) is 13.0. The van der Waals surface area contributed by atoms with Crippen LogP contribution in [0.1, 0.15) is 57.6 Å². The Bertz CT molecular complexity index is 408. The minimum atomic E-state index is 0.526. The van der Waals surface area contributed by atoms with Crippen LogP contribution >= 0.6 is 0 Å². The largest absolute Gasteiger partial charge is 0.311 e. The zero-order chi connectivity index (χ0) is 13.9. The molecular weight excluding hydrogens is 230 g/mol. The van der Waals surface area contributed by atoms with Crippen LogP contribution in [0.25, 0.3) is 0 Å². The Kier molecular flexibility index (Phi) is 4.67. The highest BCUT2D eigenvalue weighted by atomic mass is 14.9. The third-order valence-electron chi connectivity index (χ3n) is 4.51. The van der Waals surface area contributed by atoms with E-state index in [0.29, 0.717) is 17.5 Å². The van der Waals surface area contributed by atoms with Crippen molar-refractivity contribution in [2.75, 3.05) is 0 Å². The summed E-state index contributed by atoms with van der Waals surface area (Å²) in [6.07, 6.45) is 6.58. The maximum atomic E-state index is 3.85. The third-order valence-corrected chi connectivity index (χ3v) is 4.51. The summed E-state index contributed by atoms with van der Waals surface area (Å²) >= 11 is 0. The van der Waals surface area contributed by atoms with Crippen LogP contribution in [-0.4, -0.2) is 12.1 Å². The highest BCUT2D eigenvalue weighted by Gasteiger charge is 2.28. The van der Waals surface area contributed by atoms with E-state index >= 15 is 0 Å². The highest BCUT2D eigenvalue weighted by Crippen LogP contribution is 2.35. The molecule has 0 amide bonds. The standard InChI is InChI=1S/C18H29N/c1-14-8-5-6-9-16(14)12-15(2)19-17-10-7-11-18(3,4)13-17/h5-6,8-9,15,17,19H,7,10-13H2,1-4H3. The number of rotatable bonds is 4. The fourth-order valence-corrected chi connectivity index (χ4v) is 3.47. The lowest BCUT2D eigenvalue weighted by molar-refractivity contribution is 0.190. The second-order valence-corrected chi connectivity index (χ2v) is 7.16. The van der Waals surface area contributed by atoms with Crippen LogP contribution in [0.2, 0.25) is 0 Å². The summed E-state index contributed by atoms with van der Waals surface area (Å²) in [5, 5.41) is 3.85. The molecule has 2 rings (SSSR count). The molecule has 2 unspecified atom stereocenters. The van der Waals surface area contributed by atoms with Gasteiger partial charge in [0.1, 0.15) is 0 Å². The second kappa shape index (κ2) is 6.09. The summed E-state index contributed by atoms with van der Waals surface area (Å²) in [7, 11) is 0. The van der Waals surface area contributed by atoms with E-state index in [1.807, 2.05) is 0 Å². The molecule has 19 heavy (non-hydrogen) atoms. The highest BCUT2D eigenvalue weighted by molar-refractivity contribution is 5.26. The molecule has 1 heteroatoms. The molecular formula is C18H29N. The third kappa shape index (κ3) is 4.35. The van der Waals surface area contributed by atoms with Crippen molar-refractivity contribution in [3.05, 3.63) is 35.4 Å². The van der Waals surface area contributed by atoms with Crippen LogP contribution in [-0.2, 0) is 6.42 Å². The maximum Gasteiger partial charge on any atom is 0.00818 e. The molecule has 1 N–H and O–H groups in total. The SMILES string of the molecule is Cc1ccccc1CC(C)NC1CCCC(C)(C)C1. The van der Waals surface area contributed by atoms with E-state index < -0.39 is 0 Å². The minimum Gasteiger partial charge on any atom is -0.311 e. The predicted octanol–water partition coefficient (Wildman–Crippen LogP) is 4.48. The van der Waals surface area contributed by atoms with Crippen LogP contribution in [0.4, 0.5) is 0 Å². The summed E-state index contributed by atoms with van der Waals surface area (Å²) in [5.41, 5.74) is 3.43. The maximum absolute atomic E-state index is 3.85. The van der Waals surface area contributed by atoms with Gasteiger partial charge in [-0.15, -0.1) is 0 Å². The average Bonchev–Trinajstić information content (AvgIpc) is 2.30. The molecule has 1 saturated carbocycles. The number of hydrogen-bond acceptors (Lipinski definition) is 1. The van der Waals surface area contributed by atoms with Crippen molar-refractivity contribution in [2.45, 2.75) is 71.9 Å². The van der Waals surface area contributed by atoms with Crippen molar-refractivity contribution in [1.29, 1.82) is 0 Å². The summed E-state index contributed by atoms with van der Waals surface area (Å²) in [6.45, 7) is 9.36. The fourth-order valence-electron chi connectivity index (χ4n) is 3.47. The Morgan fingerprint density at radius 3 is 2.74 bits per heavy atom. The Hall–Kier alpha value is -0.820. The number of nitrogens with one attached hydrogen (secondary N) is 1. The average molecular weight is 259 g/mol. The second-order valence-electron chi connectivity index (χ2n) is 7.16. The first-order chi connectivity index (χ1) is 8.96. The predicted molar refractivity (Wildman–Crippen MR) is 83.5 cm³/mol. The Labute approximate surface area is 118 Å². The summed E-state index contributed by atoms with van der Waals surface area (Å²) < 4.78 is 0. The molecule has 106 valence electrons. The Morgan fingerprint density at radius 2 is 2.05 bits per heavy atom. The van der Waals surface area contributed by atoms with Gasteiger partial charge in [0.05, 0.1) is 0 Å². The fraction of sp³-hybridized carbons (Fsp3) is 0.667. The zero-order valence-corrected chi connectivity index (χ0v) is 13.0. The minimum absolute atomic E-state index is 0.526. The quantitative estimate of drug-likeness (QED) is 0.840.